The van der Waals surface area contributed by atoms with E-state index in [1.807, 2.05) is 0 Å². The average Bonchev–Trinajstić information content (AvgIpc) is 3.29. The summed E-state index contributed by atoms with van der Waals surface area (Å²) in [6, 6.07) is 0. The SMILES string of the molecule is CCCCCCCCCCCCCCCCCCCC(=O)OC[C@H](COC(=O)CCCCCCCCCCCCCCCCC)OC(=O)CCCCCCCCCCCCC(C)CC. The van der Waals surface area contributed by atoms with E-state index in [2.05, 4.69) is 27.7 Å². The third kappa shape index (κ3) is 49.8. The van der Waals surface area contributed by atoms with Gasteiger partial charge in [-0.2, -0.15) is 0 Å². The number of esters is 3. The molecule has 6 nitrogen and oxygen atoms in total. The summed E-state index contributed by atoms with van der Waals surface area (Å²) in [4.78, 5) is 38.1. The molecular formula is C58H112O6. The number of rotatable bonds is 53. The van der Waals surface area contributed by atoms with Gasteiger partial charge in [0.15, 0.2) is 6.10 Å². The summed E-state index contributed by atoms with van der Waals surface area (Å²) in [6.07, 6.45) is 56.5. The molecule has 0 aromatic rings. The molecule has 0 spiro atoms. The Labute approximate surface area is 399 Å². The molecule has 2 atom stereocenters. The van der Waals surface area contributed by atoms with Crippen LogP contribution in [0, 0.1) is 5.92 Å². The van der Waals surface area contributed by atoms with Gasteiger partial charge in [-0.15, -0.1) is 0 Å². The van der Waals surface area contributed by atoms with Gasteiger partial charge in [-0.25, -0.2) is 0 Å². The fourth-order valence-electron chi connectivity index (χ4n) is 8.89. The van der Waals surface area contributed by atoms with Crippen LogP contribution >= 0.6 is 0 Å². The molecule has 0 bridgehead atoms. The molecule has 0 aromatic heterocycles. The molecule has 0 saturated heterocycles. The molecule has 0 aliphatic rings. The average molecular weight is 906 g/mol. The predicted octanol–water partition coefficient (Wildman–Crippen LogP) is 19.0. The lowest BCUT2D eigenvalue weighted by Gasteiger charge is -2.18. The summed E-state index contributed by atoms with van der Waals surface area (Å²) in [5.74, 6) is 0.0313. The van der Waals surface area contributed by atoms with Crippen molar-refractivity contribution in [1.29, 1.82) is 0 Å². The summed E-state index contributed by atoms with van der Waals surface area (Å²) < 4.78 is 16.9. The molecule has 1 unspecified atom stereocenters. The quantitative estimate of drug-likeness (QED) is 0.0344. The van der Waals surface area contributed by atoms with E-state index >= 15 is 0 Å². The zero-order valence-electron chi connectivity index (χ0n) is 43.8. The molecule has 0 heterocycles. The molecule has 0 aromatic carbocycles. The highest BCUT2D eigenvalue weighted by Gasteiger charge is 2.19. The molecule has 0 N–H and O–H groups in total. The molecule has 0 aliphatic heterocycles. The Morgan fingerprint density at radius 2 is 0.547 bits per heavy atom. The van der Waals surface area contributed by atoms with Crippen molar-refractivity contribution in [3.63, 3.8) is 0 Å². The zero-order chi connectivity index (χ0) is 46.7. The second kappa shape index (κ2) is 52.4. The second-order valence-corrected chi connectivity index (χ2v) is 20.2. The maximum atomic E-state index is 12.8. The van der Waals surface area contributed by atoms with E-state index in [0.29, 0.717) is 19.3 Å². The summed E-state index contributed by atoms with van der Waals surface area (Å²) >= 11 is 0. The van der Waals surface area contributed by atoms with E-state index < -0.39 is 6.10 Å². The predicted molar refractivity (Wildman–Crippen MR) is 275 cm³/mol. The van der Waals surface area contributed by atoms with E-state index in [1.165, 1.54) is 225 Å². The Kier molecular flexibility index (Phi) is 51.1. The molecule has 0 radical (unpaired) electrons. The Balaban J connectivity index is 4.30. The van der Waals surface area contributed by atoms with Crippen LogP contribution in [0.2, 0.25) is 0 Å². The first-order valence-corrected chi connectivity index (χ1v) is 28.9. The lowest BCUT2D eigenvalue weighted by Crippen LogP contribution is -2.30. The summed E-state index contributed by atoms with van der Waals surface area (Å²) in [5, 5.41) is 0. The van der Waals surface area contributed by atoms with Gasteiger partial charge in [0.2, 0.25) is 0 Å². The summed E-state index contributed by atoms with van der Waals surface area (Å²) in [5.41, 5.74) is 0. The van der Waals surface area contributed by atoms with Gasteiger partial charge >= 0.3 is 17.9 Å². The van der Waals surface area contributed by atoms with Gasteiger partial charge in [-0.05, 0) is 25.2 Å². The van der Waals surface area contributed by atoms with Gasteiger partial charge in [0.1, 0.15) is 13.2 Å². The first kappa shape index (κ1) is 62.4. The first-order chi connectivity index (χ1) is 31.4. The summed E-state index contributed by atoms with van der Waals surface area (Å²) in [7, 11) is 0. The van der Waals surface area contributed by atoms with Crippen molar-refractivity contribution in [1.82, 2.24) is 0 Å². The minimum Gasteiger partial charge on any atom is -0.462 e. The van der Waals surface area contributed by atoms with Gasteiger partial charge in [-0.1, -0.05) is 291 Å². The second-order valence-electron chi connectivity index (χ2n) is 20.2. The van der Waals surface area contributed by atoms with Gasteiger partial charge in [0.25, 0.3) is 0 Å². The Bertz CT molecular complexity index is 966. The Morgan fingerprint density at radius 1 is 0.312 bits per heavy atom. The lowest BCUT2D eigenvalue weighted by atomic mass is 9.99. The van der Waals surface area contributed by atoms with Crippen molar-refractivity contribution in [3.05, 3.63) is 0 Å². The molecule has 380 valence electrons. The molecule has 0 amide bonds. The topological polar surface area (TPSA) is 78.9 Å². The highest BCUT2D eigenvalue weighted by atomic mass is 16.6. The van der Waals surface area contributed by atoms with Crippen LogP contribution < -0.4 is 0 Å². The van der Waals surface area contributed by atoms with Crippen molar-refractivity contribution >= 4 is 17.9 Å². The lowest BCUT2D eigenvalue weighted by molar-refractivity contribution is -0.167. The normalized spacial score (nSPS) is 12.4. The molecule has 0 rings (SSSR count). The van der Waals surface area contributed by atoms with Gasteiger partial charge < -0.3 is 14.2 Å². The fourth-order valence-corrected chi connectivity index (χ4v) is 8.89. The van der Waals surface area contributed by atoms with Crippen LogP contribution in [0.4, 0.5) is 0 Å². The number of hydrogen-bond donors (Lipinski definition) is 0. The van der Waals surface area contributed by atoms with Crippen LogP contribution in [-0.4, -0.2) is 37.2 Å². The highest BCUT2D eigenvalue weighted by Crippen LogP contribution is 2.18. The maximum absolute atomic E-state index is 12.8. The van der Waals surface area contributed by atoms with Gasteiger partial charge in [0, 0.05) is 19.3 Å². The maximum Gasteiger partial charge on any atom is 0.306 e. The number of ether oxygens (including phenoxy) is 3. The molecule has 6 heteroatoms. The number of hydrogen-bond acceptors (Lipinski definition) is 6. The zero-order valence-corrected chi connectivity index (χ0v) is 43.8. The van der Waals surface area contributed by atoms with Crippen molar-refractivity contribution < 1.29 is 28.6 Å². The largest absolute Gasteiger partial charge is 0.462 e. The van der Waals surface area contributed by atoms with Crippen molar-refractivity contribution in [2.24, 2.45) is 5.92 Å². The van der Waals surface area contributed by atoms with E-state index in [0.717, 1.165) is 63.7 Å². The Hall–Kier alpha value is -1.59. The van der Waals surface area contributed by atoms with Crippen molar-refractivity contribution in [2.75, 3.05) is 13.2 Å². The molecule has 0 aliphatic carbocycles. The molecular weight excluding hydrogens is 793 g/mol. The van der Waals surface area contributed by atoms with Crippen LogP contribution in [0.3, 0.4) is 0 Å². The first-order valence-electron chi connectivity index (χ1n) is 28.9. The number of carbonyl (C=O) groups excluding carboxylic acids is 3. The smallest absolute Gasteiger partial charge is 0.306 e. The van der Waals surface area contributed by atoms with Crippen LogP contribution in [0.15, 0.2) is 0 Å². The number of carbonyl (C=O) groups is 3. The number of unbranched alkanes of at least 4 members (excludes halogenated alkanes) is 39. The fraction of sp³-hybridized carbons (Fsp3) is 0.948. The Morgan fingerprint density at radius 3 is 0.812 bits per heavy atom. The highest BCUT2D eigenvalue weighted by molar-refractivity contribution is 5.71. The van der Waals surface area contributed by atoms with Crippen molar-refractivity contribution in [2.45, 2.75) is 336 Å². The van der Waals surface area contributed by atoms with Crippen LogP contribution in [0.5, 0.6) is 0 Å². The van der Waals surface area contributed by atoms with E-state index in [1.54, 1.807) is 0 Å². The molecule has 0 fully saturated rings. The van der Waals surface area contributed by atoms with Gasteiger partial charge in [-0.3, -0.25) is 14.4 Å². The van der Waals surface area contributed by atoms with Crippen molar-refractivity contribution in [3.8, 4) is 0 Å². The van der Waals surface area contributed by atoms with E-state index in [9.17, 15) is 14.4 Å². The van der Waals surface area contributed by atoms with E-state index in [4.69, 9.17) is 14.2 Å². The molecule has 0 saturated carbocycles. The third-order valence-corrected chi connectivity index (χ3v) is 13.7. The summed E-state index contributed by atoms with van der Waals surface area (Å²) in [6.45, 7) is 9.08. The standard InChI is InChI=1S/C58H112O6/c1-5-8-10-12-14-16-18-20-22-23-25-27-29-34-38-42-46-50-57(60)63-53-55(64-58(61)51-47-43-39-35-31-30-32-36-40-44-48-54(4)7-3)52-62-56(59)49-45-41-37-33-28-26-24-21-19-17-15-13-11-9-6-2/h54-55H,5-53H2,1-4H3/t54?,55-/m0/s1. The van der Waals surface area contributed by atoms with E-state index in [-0.39, 0.29) is 31.1 Å². The van der Waals surface area contributed by atoms with Crippen LogP contribution in [-0.2, 0) is 28.6 Å². The minimum atomic E-state index is -0.762. The monoisotopic (exact) mass is 905 g/mol. The van der Waals surface area contributed by atoms with Crippen LogP contribution in [0.1, 0.15) is 329 Å². The minimum absolute atomic E-state index is 0.0621. The molecule has 64 heavy (non-hydrogen) atoms. The van der Waals surface area contributed by atoms with Crippen LogP contribution in [0.25, 0.3) is 0 Å². The van der Waals surface area contributed by atoms with Gasteiger partial charge in [0.05, 0.1) is 0 Å². The third-order valence-electron chi connectivity index (χ3n) is 13.7.